The van der Waals surface area contributed by atoms with Gasteiger partial charge in [-0.15, -0.1) is 0 Å². The van der Waals surface area contributed by atoms with E-state index in [1.807, 2.05) is 7.05 Å². The lowest BCUT2D eigenvalue weighted by molar-refractivity contribution is -0.149. The van der Waals surface area contributed by atoms with E-state index < -0.39 is 6.10 Å². The molecule has 128 valence electrons. The van der Waals surface area contributed by atoms with Crippen LogP contribution in [0.5, 0.6) is 0 Å². The van der Waals surface area contributed by atoms with Crippen LogP contribution in [0.2, 0.25) is 0 Å². The van der Waals surface area contributed by atoms with Crippen LogP contribution in [-0.4, -0.2) is 91.1 Å². The molecule has 0 radical (unpaired) electrons. The minimum atomic E-state index is -0.400. The summed E-state index contributed by atoms with van der Waals surface area (Å²) in [5.41, 5.74) is 0. The van der Waals surface area contributed by atoms with Gasteiger partial charge in [-0.3, -0.25) is 14.4 Å². The van der Waals surface area contributed by atoms with Gasteiger partial charge < -0.3 is 24.8 Å². The average molecular weight is 324 g/mol. The predicted molar refractivity (Wildman–Crippen MR) is 81.2 cm³/mol. The summed E-state index contributed by atoms with van der Waals surface area (Å²) in [4.78, 5) is 41.5. The van der Waals surface area contributed by atoms with Gasteiger partial charge in [0.15, 0.2) is 6.10 Å². The minimum Gasteiger partial charge on any atom is -0.363 e. The third-order valence-corrected chi connectivity index (χ3v) is 4.70. The van der Waals surface area contributed by atoms with Crippen LogP contribution in [0.25, 0.3) is 0 Å². The summed E-state index contributed by atoms with van der Waals surface area (Å²) < 4.78 is 5.05. The van der Waals surface area contributed by atoms with Crippen LogP contribution in [0.3, 0.4) is 0 Å². The molecule has 23 heavy (non-hydrogen) atoms. The van der Waals surface area contributed by atoms with E-state index in [1.54, 1.807) is 9.80 Å². The van der Waals surface area contributed by atoms with E-state index in [4.69, 9.17) is 4.74 Å². The van der Waals surface area contributed by atoms with Crippen LogP contribution in [0.15, 0.2) is 0 Å². The average Bonchev–Trinajstić information content (AvgIpc) is 3.32. The number of ether oxygens (including phenoxy) is 1. The number of hydrogen-bond acceptors (Lipinski definition) is 5. The molecule has 0 saturated carbocycles. The molecule has 8 heteroatoms. The van der Waals surface area contributed by atoms with Gasteiger partial charge in [0, 0.05) is 6.54 Å². The summed E-state index contributed by atoms with van der Waals surface area (Å²) in [5.74, 6) is 0.0393. The molecule has 0 aromatic carbocycles. The molecule has 8 nitrogen and oxygen atoms in total. The molecule has 0 bridgehead atoms. The Hall–Kier alpha value is -1.67. The highest BCUT2D eigenvalue weighted by atomic mass is 16.6. The zero-order valence-corrected chi connectivity index (χ0v) is 13.7. The molecule has 0 aromatic heterocycles. The Labute approximate surface area is 135 Å². The van der Waals surface area contributed by atoms with Crippen LogP contribution < -0.4 is 5.32 Å². The van der Waals surface area contributed by atoms with Crippen molar-refractivity contribution in [3.8, 4) is 0 Å². The lowest BCUT2D eigenvalue weighted by Gasteiger charge is -2.40. The minimum absolute atomic E-state index is 0.0390. The number of fused-ring (bicyclic) bond motifs is 1. The summed E-state index contributed by atoms with van der Waals surface area (Å²) in [6.07, 6.45) is 0.239. The highest BCUT2D eigenvalue weighted by molar-refractivity contribution is 5.94. The van der Waals surface area contributed by atoms with Gasteiger partial charge in [0.25, 0.3) is 5.91 Å². The smallest absolute Gasteiger partial charge is 0.256 e. The van der Waals surface area contributed by atoms with E-state index in [9.17, 15) is 14.4 Å². The second kappa shape index (κ2) is 6.45. The van der Waals surface area contributed by atoms with Crippen molar-refractivity contribution >= 4 is 17.7 Å². The van der Waals surface area contributed by atoms with Crippen LogP contribution in [-0.2, 0) is 19.1 Å². The summed E-state index contributed by atoms with van der Waals surface area (Å²) in [6, 6.07) is 0. The number of nitrogens with one attached hydrogen (secondary N) is 1. The molecule has 0 aromatic rings. The third-order valence-electron chi connectivity index (χ3n) is 4.70. The Kier molecular flexibility index (Phi) is 4.54. The van der Waals surface area contributed by atoms with Crippen molar-refractivity contribution in [2.45, 2.75) is 25.6 Å². The molecule has 3 rings (SSSR count). The zero-order valence-electron chi connectivity index (χ0n) is 13.7. The van der Waals surface area contributed by atoms with Gasteiger partial charge >= 0.3 is 0 Å². The van der Waals surface area contributed by atoms with E-state index in [1.165, 1.54) is 4.90 Å². The molecule has 3 saturated heterocycles. The SMILES string of the molecule is CNCCC(C)CN1CC2N(CC1=O)C(=O)CN2C(=O)C1CO1. The summed E-state index contributed by atoms with van der Waals surface area (Å²) in [5, 5.41) is 3.11. The first-order valence-electron chi connectivity index (χ1n) is 8.15. The van der Waals surface area contributed by atoms with Crippen LogP contribution in [0, 0.1) is 5.92 Å². The number of carbonyl (C=O) groups excluding carboxylic acids is 3. The van der Waals surface area contributed by atoms with Crippen LogP contribution in [0.1, 0.15) is 13.3 Å². The van der Waals surface area contributed by atoms with Gasteiger partial charge in [-0.1, -0.05) is 6.92 Å². The van der Waals surface area contributed by atoms with E-state index in [0.29, 0.717) is 25.6 Å². The molecular weight excluding hydrogens is 300 g/mol. The highest BCUT2D eigenvalue weighted by Gasteiger charge is 2.49. The predicted octanol–water partition coefficient (Wildman–Crippen LogP) is -1.53. The van der Waals surface area contributed by atoms with Crippen LogP contribution >= 0.6 is 0 Å². The number of hydrogen-bond donors (Lipinski definition) is 1. The molecule has 3 amide bonds. The standard InChI is InChI=1S/C15H24N4O4/c1-10(3-4-16-2)5-17-6-12-18(7-13(17)20)14(21)8-19(12)15(22)11-9-23-11/h10-12,16H,3-9H2,1-2H3. The van der Waals surface area contributed by atoms with Gasteiger partial charge in [-0.25, -0.2) is 0 Å². The molecule has 3 unspecified atom stereocenters. The summed E-state index contributed by atoms with van der Waals surface area (Å²) in [7, 11) is 1.91. The highest BCUT2D eigenvalue weighted by Crippen LogP contribution is 2.25. The molecule has 3 heterocycles. The largest absolute Gasteiger partial charge is 0.363 e. The topological polar surface area (TPSA) is 85.5 Å². The Morgan fingerprint density at radius 2 is 2.09 bits per heavy atom. The zero-order chi connectivity index (χ0) is 16.6. The van der Waals surface area contributed by atoms with E-state index in [-0.39, 0.29) is 37.0 Å². The second-order valence-corrected chi connectivity index (χ2v) is 6.59. The van der Waals surface area contributed by atoms with Crippen LogP contribution in [0.4, 0.5) is 0 Å². The van der Waals surface area contributed by atoms with Gasteiger partial charge in [-0.05, 0) is 25.9 Å². The summed E-state index contributed by atoms with van der Waals surface area (Å²) >= 11 is 0. The molecule has 3 fully saturated rings. The van der Waals surface area contributed by atoms with Gasteiger partial charge in [0.2, 0.25) is 11.8 Å². The Bertz CT molecular complexity index is 508. The van der Waals surface area contributed by atoms with Crippen molar-refractivity contribution in [3.05, 3.63) is 0 Å². The molecule has 0 aliphatic carbocycles. The number of piperazine rings is 1. The Morgan fingerprint density at radius 1 is 1.35 bits per heavy atom. The van der Waals surface area contributed by atoms with Crippen molar-refractivity contribution < 1.29 is 19.1 Å². The monoisotopic (exact) mass is 324 g/mol. The van der Waals surface area contributed by atoms with Crippen molar-refractivity contribution in [1.82, 2.24) is 20.0 Å². The fraction of sp³-hybridized carbons (Fsp3) is 0.800. The van der Waals surface area contributed by atoms with Crippen molar-refractivity contribution in [2.75, 3.05) is 46.4 Å². The number of nitrogens with zero attached hydrogens (tertiary/aromatic N) is 3. The van der Waals surface area contributed by atoms with Crippen molar-refractivity contribution in [2.24, 2.45) is 5.92 Å². The summed E-state index contributed by atoms with van der Waals surface area (Å²) in [6.45, 7) is 4.61. The van der Waals surface area contributed by atoms with E-state index in [0.717, 1.165) is 13.0 Å². The lowest BCUT2D eigenvalue weighted by atomic mass is 10.1. The number of rotatable bonds is 6. The first-order chi connectivity index (χ1) is 11.0. The lowest BCUT2D eigenvalue weighted by Crippen LogP contribution is -2.59. The first-order valence-corrected chi connectivity index (χ1v) is 8.15. The maximum absolute atomic E-state index is 12.3. The second-order valence-electron chi connectivity index (χ2n) is 6.59. The molecule has 1 N–H and O–H groups in total. The molecule has 3 aliphatic heterocycles. The van der Waals surface area contributed by atoms with Crippen molar-refractivity contribution in [1.29, 1.82) is 0 Å². The quantitative estimate of drug-likeness (QED) is 0.599. The Morgan fingerprint density at radius 3 is 2.74 bits per heavy atom. The normalized spacial score (nSPS) is 28.2. The fourth-order valence-corrected chi connectivity index (χ4v) is 3.25. The van der Waals surface area contributed by atoms with E-state index in [2.05, 4.69) is 12.2 Å². The first kappa shape index (κ1) is 16.2. The number of epoxide rings is 1. The molecule has 3 aliphatic rings. The molecule has 3 atom stereocenters. The van der Waals surface area contributed by atoms with Gasteiger partial charge in [-0.2, -0.15) is 0 Å². The number of amides is 3. The molecule has 0 spiro atoms. The maximum Gasteiger partial charge on any atom is 0.256 e. The van der Waals surface area contributed by atoms with E-state index >= 15 is 0 Å². The third kappa shape index (κ3) is 3.32. The van der Waals surface area contributed by atoms with Crippen molar-refractivity contribution in [3.63, 3.8) is 0 Å². The Balaban J connectivity index is 1.65. The fourth-order valence-electron chi connectivity index (χ4n) is 3.25. The molecular formula is C15H24N4O4. The van der Waals surface area contributed by atoms with Gasteiger partial charge in [0.05, 0.1) is 13.2 Å². The maximum atomic E-state index is 12.3. The number of carbonyl (C=O) groups is 3. The van der Waals surface area contributed by atoms with Gasteiger partial charge in [0.1, 0.15) is 19.3 Å².